The molecule has 1 heterocycles. The van der Waals surface area contributed by atoms with Gasteiger partial charge in [-0.1, -0.05) is 49.4 Å². The van der Waals surface area contributed by atoms with Gasteiger partial charge in [0.1, 0.15) is 5.69 Å². The summed E-state index contributed by atoms with van der Waals surface area (Å²) in [4.78, 5) is 21.5. The van der Waals surface area contributed by atoms with Crippen LogP contribution in [0.2, 0.25) is 0 Å². The normalized spacial score (nSPS) is 10.0. The van der Waals surface area contributed by atoms with Crippen molar-refractivity contribution in [1.29, 1.82) is 0 Å². The number of benzene rings is 2. The molecule has 0 aliphatic carbocycles. The molecule has 0 saturated heterocycles. The van der Waals surface area contributed by atoms with Gasteiger partial charge in [0.05, 0.1) is 5.56 Å². The average Bonchev–Trinajstić information content (AvgIpc) is 2.97. The third kappa shape index (κ3) is 4.82. The van der Waals surface area contributed by atoms with Gasteiger partial charge in [-0.3, -0.25) is 9.48 Å². The third-order valence-corrected chi connectivity index (χ3v) is 4.01. The Kier molecular flexibility index (Phi) is 6.49. The van der Waals surface area contributed by atoms with Crippen LogP contribution in [-0.4, -0.2) is 31.7 Å². The molecule has 0 aliphatic heterocycles. The molecule has 3 rings (SSSR count). The number of ketones is 1. The molecule has 0 amide bonds. The second kappa shape index (κ2) is 8.80. The van der Waals surface area contributed by atoms with Crippen LogP contribution in [-0.2, 0) is 13.5 Å². The number of aryl methyl sites for hydroxylation is 2. The minimum absolute atomic E-state index is 0.0470. The molecule has 27 heavy (non-hydrogen) atoms. The van der Waals surface area contributed by atoms with Crippen molar-refractivity contribution in [2.24, 2.45) is 7.05 Å². The van der Waals surface area contributed by atoms with Crippen LogP contribution in [0.25, 0.3) is 11.3 Å². The molecule has 0 radical (unpaired) electrons. The van der Waals surface area contributed by atoms with E-state index in [0.29, 0.717) is 11.3 Å². The Morgan fingerprint density at radius 2 is 1.63 bits per heavy atom. The zero-order chi connectivity index (χ0) is 20.0. The smallest absolute Gasteiger partial charge is 0.335 e. The lowest BCUT2D eigenvalue weighted by Crippen LogP contribution is -1.97. The van der Waals surface area contributed by atoms with Crippen molar-refractivity contribution >= 4 is 11.8 Å². The fourth-order valence-electron chi connectivity index (χ4n) is 2.55. The summed E-state index contributed by atoms with van der Waals surface area (Å²) in [5, 5.41) is 22.5. The Morgan fingerprint density at radius 3 is 2.04 bits per heavy atom. The number of aromatic carboxylic acids is 1. The van der Waals surface area contributed by atoms with Gasteiger partial charge in [-0.15, -0.1) is 0 Å². The summed E-state index contributed by atoms with van der Waals surface area (Å²) in [5.41, 5.74) is 3.10. The summed E-state index contributed by atoms with van der Waals surface area (Å²) in [6.45, 7) is 3.48. The lowest BCUT2D eigenvalue weighted by molar-refractivity contribution is 0.0696. The van der Waals surface area contributed by atoms with Gasteiger partial charge in [0.15, 0.2) is 17.2 Å². The largest absolute Gasteiger partial charge is 0.504 e. The number of hydrogen-bond acceptors (Lipinski definition) is 4. The maximum Gasteiger partial charge on any atom is 0.335 e. The zero-order valence-corrected chi connectivity index (χ0v) is 15.5. The Labute approximate surface area is 157 Å². The number of aromatic nitrogens is 2. The molecule has 0 fully saturated rings. The lowest BCUT2D eigenvalue weighted by atomic mass is 10.1. The molecule has 140 valence electrons. The van der Waals surface area contributed by atoms with Gasteiger partial charge in [0.25, 0.3) is 0 Å². The van der Waals surface area contributed by atoms with Crippen LogP contribution in [0.3, 0.4) is 0 Å². The van der Waals surface area contributed by atoms with Gasteiger partial charge in [0.2, 0.25) is 0 Å². The van der Waals surface area contributed by atoms with Crippen LogP contribution < -0.4 is 0 Å². The molecule has 6 nitrogen and oxygen atoms in total. The second-order valence-electron chi connectivity index (χ2n) is 5.95. The van der Waals surface area contributed by atoms with E-state index in [1.54, 1.807) is 37.4 Å². The van der Waals surface area contributed by atoms with Crippen molar-refractivity contribution in [3.05, 3.63) is 71.4 Å². The number of aromatic hydroxyl groups is 1. The average molecular weight is 366 g/mol. The van der Waals surface area contributed by atoms with Gasteiger partial charge in [-0.05, 0) is 24.1 Å². The summed E-state index contributed by atoms with van der Waals surface area (Å²) in [6, 6.07) is 16.2. The molecular formula is C21H22N2O4. The molecule has 0 unspecified atom stereocenters. The molecule has 3 aromatic rings. The number of carbonyl (C=O) groups is 2. The number of carbonyl (C=O) groups excluding carboxylic acids is 1. The monoisotopic (exact) mass is 366 g/mol. The van der Waals surface area contributed by atoms with E-state index in [1.807, 2.05) is 24.3 Å². The van der Waals surface area contributed by atoms with Crippen molar-refractivity contribution in [1.82, 2.24) is 9.78 Å². The zero-order valence-electron chi connectivity index (χ0n) is 15.5. The van der Waals surface area contributed by atoms with Gasteiger partial charge in [0, 0.05) is 19.5 Å². The Bertz CT molecular complexity index is 929. The first-order valence-electron chi connectivity index (χ1n) is 8.49. The molecule has 2 aromatic carbocycles. The maximum absolute atomic E-state index is 11.3. The standard InChI is InChI=1S/C14H16N2O2.C7H6O2/c1-4-10-5-7-11(8-6-10)13-14(18)12(9(2)17)15-16(13)3;8-7(9)6-4-2-1-3-5-6/h5-8,18H,4H2,1-3H3;1-5H,(H,8,9). The van der Waals surface area contributed by atoms with Crippen molar-refractivity contribution in [3.63, 3.8) is 0 Å². The van der Waals surface area contributed by atoms with Gasteiger partial charge >= 0.3 is 5.97 Å². The van der Waals surface area contributed by atoms with Crippen LogP contribution in [0, 0.1) is 0 Å². The fourth-order valence-corrected chi connectivity index (χ4v) is 2.55. The predicted octanol–water partition coefficient (Wildman–Crippen LogP) is 3.94. The summed E-state index contributed by atoms with van der Waals surface area (Å²) in [5.74, 6) is -1.16. The number of hydrogen-bond donors (Lipinski definition) is 2. The van der Waals surface area contributed by atoms with E-state index < -0.39 is 5.97 Å². The molecular weight excluding hydrogens is 344 g/mol. The lowest BCUT2D eigenvalue weighted by Gasteiger charge is -2.04. The Hall–Kier alpha value is -3.41. The van der Waals surface area contributed by atoms with Crippen molar-refractivity contribution in [2.75, 3.05) is 0 Å². The molecule has 0 bridgehead atoms. The minimum Gasteiger partial charge on any atom is -0.504 e. The van der Waals surface area contributed by atoms with Gasteiger partial charge < -0.3 is 10.2 Å². The van der Waals surface area contributed by atoms with E-state index in [1.165, 1.54) is 17.2 Å². The van der Waals surface area contributed by atoms with Crippen LogP contribution in [0.4, 0.5) is 0 Å². The second-order valence-corrected chi connectivity index (χ2v) is 5.95. The highest BCUT2D eigenvalue weighted by Gasteiger charge is 2.19. The molecule has 0 atom stereocenters. The highest BCUT2D eigenvalue weighted by molar-refractivity contribution is 5.97. The Balaban J connectivity index is 0.000000244. The topological polar surface area (TPSA) is 92.4 Å². The summed E-state index contributed by atoms with van der Waals surface area (Å²) < 4.78 is 1.53. The minimum atomic E-state index is -0.879. The number of rotatable bonds is 4. The quantitative estimate of drug-likeness (QED) is 0.682. The first-order valence-corrected chi connectivity index (χ1v) is 8.49. The molecule has 0 aliphatic rings. The molecule has 0 saturated carbocycles. The van der Waals surface area contributed by atoms with Crippen LogP contribution >= 0.6 is 0 Å². The van der Waals surface area contributed by atoms with E-state index in [-0.39, 0.29) is 17.2 Å². The summed E-state index contributed by atoms with van der Waals surface area (Å²) in [7, 11) is 1.72. The maximum atomic E-state index is 11.3. The summed E-state index contributed by atoms with van der Waals surface area (Å²) >= 11 is 0. The van der Waals surface area contributed by atoms with Crippen LogP contribution in [0.1, 0.15) is 40.3 Å². The first-order chi connectivity index (χ1) is 12.8. The molecule has 0 spiro atoms. The van der Waals surface area contributed by atoms with Crippen LogP contribution in [0.5, 0.6) is 5.75 Å². The molecule has 6 heteroatoms. The highest BCUT2D eigenvalue weighted by Crippen LogP contribution is 2.32. The number of carboxylic acids is 1. The van der Waals surface area contributed by atoms with Crippen molar-refractivity contribution < 1.29 is 19.8 Å². The fraction of sp³-hybridized carbons (Fsp3) is 0.190. The highest BCUT2D eigenvalue weighted by atomic mass is 16.4. The molecule has 1 aromatic heterocycles. The van der Waals surface area contributed by atoms with Crippen molar-refractivity contribution in [2.45, 2.75) is 20.3 Å². The SMILES string of the molecule is CCc1ccc(-c2c(O)c(C(C)=O)nn2C)cc1.O=C(O)c1ccccc1. The third-order valence-electron chi connectivity index (χ3n) is 4.01. The predicted molar refractivity (Wildman–Crippen MR) is 103 cm³/mol. The van der Waals surface area contributed by atoms with Crippen molar-refractivity contribution in [3.8, 4) is 17.0 Å². The van der Waals surface area contributed by atoms with E-state index in [4.69, 9.17) is 5.11 Å². The van der Waals surface area contributed by atoms with Gasteiger partial charge in [-0.2, -0.15) is 5.10 Å². The Morgan fingerprint density at radius 1 is 1.04 bits per heavy atom. The first kappa shape index (κ1) is 19.9. The van der Waals surface area contributed by atoms with E-state index in [2.05, 4.69) is 12.0 Å². The van der Waals surface area contributed by atoms with Crippen LogP contribution in [0.15, 0.2) is 54.6 Å². The summed E-state index contributed by atoms with van der Waals surface area (Å²) in [6.07, 6.45) is 0.969. The van der Waals surface area contributed by atoms with E-state index in [9.17, 15) is 14.7 Å². The van der Waals surface area contributed by atoms with E-state index in [0.717, 1.165) is 12.0 Å². The number of nitrogens with zero attached hydrogens (tertiary/aromatic N) is 2. The van der Waals surface area contributed by atoms with E-state index >= 15 is 0 Å². The number of Topliss-reactive ketones (excluding diaryl/α,β-unsaturated/α-hetero) is 1. The van der Waals surface area contributed by atoms with Gasteiger partial charge in [-0.25, -0.2) is 4.79 Å². The molecule has 2 N–H and O–H groups in total. The number of carboxylic acid groups (broad SMARTS) is 1.